The number of carbonyl (C=O) groups excluding carboxylic acids is 1. The predicted molar refractivity (Wildman–Crippen MR) is 84.4 cm³/mol. The Bertz CT molecular complexity index is 572. The third-order valence-corrected chi connectivity index (χ3v) is 3.74. The summed E-state index contributed by atoms with van der Waals surface area (Å²) in [7, 11) is 0. The van der Waals surface area contributed by atoms with Crippen molar-refractivity contribution in [3.63, 3.8) is 0 Å². The Morgan fingerprint density at radius 2 is 2.13 bits per heavy atom. The molecule has 1 aromatic heterocycles. The summed E-state index contributed by atoms with van der Waals surface area (Å²) in [6, 6.07) is 0. The van der Waals surface area contributed by atoms with Crippen LogP contribution in [0.1, 0.15) is 26.7 Å². The van der Waals surface area contributed by atoms with Gasteiger partial charge in [0.1, 0.15) is 6.33 Å². The monoisotopic (exact) mass is 323 g/mol. The zero-order valence-electron chi connectivity index (χ0n) is 13.3. The Labute approximate surface area is 134 Å². The van der Waals surface area contributed by atoms with E-state index in [1.807, 2.05) is 11.8 Å². The van der Waals surface area contributed by atoms with Crippen molar-refractivity contribution < 1.29 is 14.5 Å². The molecular weight excluding hydrogens is 302 g/mol. The van der Waals surface area contributed by atoms with Crippen LogP contribution >= 0.6 is 0 Å². The van der Waals surface area contributed by atoms with Crippen molar-refractivity contribution in [2.24, 2.45) is 5.92 Å². The van der Waals surface area contributed by atoms with Crippen LogP contribution in [0.2, 0.25) is 0 Å². The molecule has 1 aliphatic heterocycles. The first-order valence-electron chi connectivity index (χ1n) is 7.73. The normalized spacial score (nSPS) is 15.3. The third kappa shape index (κ3) is 3.85. The summed E-state index contributed by atoms with van der Waals surface area (Å²) in [5.41, 5.74) is -0.121. The summed E-state index contributed by atoms with van der Waals surface area (Å²) in [6.45, 7) is 5.56. The average Bonchev–Trinajstić information content (AvgIpc) is 2.55. The molecule has 0 atom stereocenters. The van der Waals surface area contributed by atoms with Gasteiger partial charge in [0.25, 0.3) is 0 Å². The van der Waals surface area contributed by atoms with E-state index in [0.29, 0.717) is 44.9 Å². The Morgan fingerprint density at radius 3 is 2.70 bits per heavy atom. The molecule has 0 aromatic carbocycles. The van der Waals surface area contributed by atoms with E-state index < -0.39 is 4.92 Å². The lowest BCUT2D eigenvalue weighted by Crippen LogP contribution is -2.37. The van der Waals surface area contributed by atoms with Gasteiger partial charge in [-0.05, 0) is 26.7 Å². The van der Waals surface area contributed by atoms with Crippen LogP contribution in [-0.2, 0) is 9.53 Å². The number of hydrogen-bond acceptors (Lipinski definition) is 8. The number of piperidine rings is 1. The molecule has 0 amide bonds. The fourth-order valence-electron chi connectivity index (χ4n) is 2.65. The molecular formula is C14H21N5O4. The summed E-state index contributed by atoms with van der Waals surface area (Å²) in [5.74, 6) is 0.163. The highest BCUT2D eigenvalue weighted by Gasteiger charge is 2.32. The maximum absolute atomic E-state index is 11.8. The highest BCUT2D eigenvalue weighted by molar-refractivity contribution is 5.74. The second kappa shape index (κ2) is 7.70. The lowest BCUT2D eigenvalue weighted by molar-refractivity contribution is -0.383. The van der Waals surface area contributed by atoms with Crippen molar-refractivity contribution >= 4 is 23.3 Å². The van der Waals surface area contributed by atoms with Gasteiger partial charge in [-0.25, -0.2) is 9.97 Å². The number of nitrogens with one attached hydrogen (secondary N) is 1. The molecule has 9 heteroatoms. The first kappa shape index (κ1) is 16.9. The van der Waals surface area contributed by atoms with Crippen molar-refractivity contribution in [3.05, 3.63) is 16.4 Å². The van der Waals surface area contributed by atoms with Crippen molar-refractivity contribution in [1.82, 2.24) is 9.97 Å². The highest BCUT2D eigenvalue weighted by Crippen LogP contribution is 2.34. The number of rotatable bonds is 6. The Hall–Kier alpha value is -2.45. The number of hydrogen-bond donors (Lipinski definition) is 1. The minimum absolute atomic E-state index is 0.121. The first-order chi connectivity index (χ1) is 11.1. The van der Waals surface area contributed by atoms with Gasteiger partial charge in [0.05, 0.1) is 17.4 Å². The highest BCUT2D eigenvalue weighted by atomic mass is 16.6. The Morgan fingerprint density at radius 1 is 1.43 bits per heavy atom. The van der Waals surface area contributed by atoms with E-state index >= 15 is 0 Å². The largest absolute Gasteiger partial charge is 0.466 e. The lowest BCUT2D eigenvalue weighted by atomic mass is 9.97. The molecule has 0 radical (unpaired) electrons. The Kier molecular flexibility index (Phi) is 5.67. The molecule has 1 fully saturated rings. The topological polar surface area (TPSA) is 110 Å². The van der Waals surface area contributed by atoms with Crippen molar-refractivity contribution in [2.45, 2.75) is 26.7 Å². The molecule has 9 nitrogen and oxygen atoms in total. The molecule has 1 saturated heterocycles. The van der Waals surface area contributed by atoms with E-state index in [1.165, 1.54) is 6.33 Å². The minimum atomic E-state index is -0.467. The number of esters is 1. The van der Waals surface area contributed by atoms with Crippen LogP contribution in [0, 0.1) is 16.0 Å². The molecule has 2 heterocycles. The molecule has 0 aliphatic carbocycles. The third-order valence-electron chi connectivity index (χ3n) is 3.74. The zero-order chi connectivity index (χ0) is 16.8. The molecule has 23 heavy (non-hydrogen) atoms. The summed E-state index contributed by atoms with van der Waals surface area (Å²) in [6.07, 6.45) is 2.50. The smallest absolute Gasteiger partial charge is 0.353 e. The second-order valence-corrected chi connectivity index (χ2v) is 5.20. The number of aromatic nitrogens is 2. The van der Waals surface area contributed by atoms with Crippen LogP contribution in [0.3, 0.4) is 0 Å². The maximum Gasteiger partial charge on any atom is 0.353 e. The molecule has 2 rings (SSSR count). The molecule has 0 saturated carbocycles. The predicted octanol–water partition coefficient (Wildman–Crippen LogP) is 1.60. The quantitative estimate of drug-likeness (QED) is 0.477. The van der Waals surface area contributed by atoms with Crippen molar-refractivity contribution in [1.29, 1.82) is 0 Å². The zero-order valence-corrected chi connectivity index (χ0v) is 13.3. The summed E-state index contributed by atoms with van der Waals surface area (Å²) in [5, 5.41) is 14.3. The van der Waals surface area contributed by atoms with Crippen molar-refractivity contribution in [2.75, 3.05) is 36.5 Å². The maximum atomic E-state index is 11.8. The fraction of sp³-hybridized carbons (Fsp3) is 0.643. The first-order valence-corrected chi connectivity index (χ1v) is 7.73. The van der Waals surface area contributed by atoms with Crippen LogP contribution in [0.4, 0.5) is 17.3 Å². The van der Waals surface area contributed by atoms with Gasteiger partial charge in [0.2, 0.25) is 11.6 Å². The van der Waals surface area contributed by atoms with Gasteiger partial charge in [0.15, 0.2) is 0 Å². The number of carbonyl (C=O) groups is 1. The van der Waals surface area contributed by atoms with Crippen LogP contribution in [0.15, 0.2) is 6.33 Å². The van der Waals surface area contributed by atoms with Gasteiger partial charge in [0, 0.05) is 19.6 Å². The number of ether oxygens (including phenoxy) is 1. The molecule has 0 bridgehead atoms. The SMILES string of the molecule is CCNc1ncnc(N2CCC(C(=O)OCC)CC2)c1[N+](=O)[O-]. The minimum Gasteiger partial charge on any atom is -0.466 e. The van der Waals surface area contributed by atoms with Crippen molar-refractivity contribution in [3.8, 4) is 0 Å². The molecule has 0 unspecified atom stereocenters. The lowest BCUT2D eigenvalue weighted by Gasteiger charge is -2.31. The van der Waals surface area contributed by atoms with Crippen LogP contribution in [-0.4, -0.2) is 47.1 Å². The summed E-state index contributed by atoms with van der Waals surface area (Å²) in [4.78, 5) is 32.6. The van der Waals surface area contributed by atoms with E-state index in [2.05, 4.69) is 15.3 Å². The molecule has 1 N–H and O–H groups in total. The van der Waals surface area contributed by atoms with E-state index in [9.17, 15) is 14.9 Å². The van der Waals surface area contributed by atoms with Crippen LogP contribution < -0.4 is 10.2 Å². The van der Waals surface area contributed by atoms with Gasteiger partial charge in [-0.1, -0.05) is 0 Å². The summed E-state index contributed by atoms with van der Waals surface area (Å²) < 4.78 is 5.03. The summed E-state index contributed by atoms with van der Waals surface area (Å²) >= 11 is 0. The van der Waals surface area contributed by atoms with Crippen LogP contribution in [0.25, 0.3) is 0 Å². The molecule has 126 valence electrons. The Balaban J connectivity index is 2.16. The fourth-order valence-corrected chi connectivity index (χ4v) is 2.65. The van der Waals surface area contributed by atoms with Gasteiger partial charge in [-0.2, -0.15) is 0 Å². The van der Waals surface area contributed by atoms with E-state index in [4.69, 9.17) is 4.74 Å². The van der Waals surface area contributed by atoms with Crippen LogP contribution in [0.5, 0.6) is 0 Å². The van der Waals surface area contributed by atoms with E-state index in [-0.39, 0.29) is 23.4 Å². The average molecular weight is 323 g/mol. The number of nitrogens with zero attached hydrogens (tertiary/aromatic N) is 4. The van der Waals surface area contributed by atoms with Gasteiger partial charge < -0.3 is 15.0 Å². The van der Waals surface area contributed by atoms with E-state index in [1.54, 1.807) is 6.92 Å². The molecule has 1 aromatic rings. The molecule has 1 aliphatic rings. The molecule has 0 spiro atoms. The van der Waals surface area contributed by atoms with E-state index in [0.717, 1.165) is 0 Å². The second-order valence-electron chi connectivity index (χ2n) is 5.20. The number of nitro groups is 1. The number of anilines is 2. The van der Waals surface area contributed by atoms with Gasteiger partial charge in [-0.3, -0.25) is 14.9 Å². The van der Waals surface area contributed by atoms with Gasteiger partial charge in [-0.15, -0.1) is 0 Å². The van der Waals surface area contributed by atoms with Gasteiger partial charge >= 0.3 is 11.7 Å². The standard InChI is InChI=1S/C14H21N5O4/c1-3-15-12-11(19(21)22)13(17-9-16-12)18-7-5-10(6-8-18)14(20)23-4-2/h9-10H,3-8H2,1-2H3,(H,15,16,17).